The molecule has 21 heavy (non-hydrogen) atoms. The van der Waals surface area contributed by atoms with Crippen LogP contribution in [0.4, 0.5) is 4.39 Å². The normalized spacial score (nSPS) is 12.2. The molecular formula is C15H15Cl2FN2O. The Morgan fingerprint density at radius 2 is 1.95 bits per heavy atom. The highest BCUT2D eigenvalue weighted by Crippen LogP contribution is 2.33. The van der Waals surface area contributed by atoms with Gasteiger partial charge in [0.2, 0.25) is 0 Å². The largest absolute Gasteiger partial charge is 0.496 e. The Balaban J connectivity index is 2.39. The first kappa shape index (κ1) is 16.0. The standard InChI is InChI=1S/C15H15Cl2FN2O/c1-21-13-7-3-6-11(18)14(13)12(20-19)8-9-4-2-5-10(16)15(9)17/h2-7,12,20H,8,19H2,1H3. The van der Waals surface area contributed by atoms with Crippen molar-refractivity contribution in [3.05, 3.63) is 63.4 Å². The van der Waals surface area contributed by atoms with Crippen LogP contribution in [0.3, 0.4) is 0 Å². The van der Waals surface area contributed by atoms with Crippen LogP contribution in [0.5, 0.6) is 5.75 Å². The smallest absolute Gasteiger partial charge is 0.131 e. The third-order valence-electron chi connectivity index (χ3n) is 3.24. The molecule has 2 aromatic carbocycles. The van der Waals surface area contributed by atoms with E-state index in [1.807, 2.05) is 6.07 Å². The first-order valence-corrected chi connectivity index (χ1v) is 7.05. The zero-order valence-electron chi connectivity index (χ0n) is 11.4. The van der Waals surface area contributed by atoms with Gasteiger partial charge in [-0.15, -0.1) is 0 Å². The predicted octanol–water partition coefficient (Wildman–Crippen LogP) is 3.89. The van der Waals surface area contributed by atoms with Crippen LogP contribution >= 0.6 is 23.2 Å². The van der Waals surface area contributed by atoms with Crippen molar-refractivity contribution in [2.24, 2.45) is 5.84 Å². The summed E-state index contributed by atoms with van der Waals surface area (Å²) in [5.74, 6) is 5.62. The number of hydrogen-bond donors (Lipinski definition) is 2. The van der Waals surface area contributed by atoms with Crippen molar-refractivity contribution in [2.75, 3.05) is 7.11 Å². The Labute approximate surface area is 132 Å². The van der Waals surface area contributed by atoms with E-state index < -0.39 is 11.9 Å². The molecule has 0 aromatic heterocycles. The molecule has 1 unspecified atom stereocenters. The molecule has 0 heterocycles. The number of nitrogens with two attached hydrogens (primary N) is 1. The lowest BCUT2D eigenvalue weighted by molar-refractivity contribution is 0.390. The summed E-state index contributed by atoms with van der Waals surface area (Å²) in [6, 6.07) is 9.45. The minimum atomic E-state index is -0.489. The Morgan fingerprint density at radius 3 is 2.62 bits per heavy atom. The van der Waals surface area contributed by atoms with Crippen LogP contribution < -0.4 is 16.0 Å². The van der Waals surface area contributed by atoms with Crippen LogP contribution in [0.25, 0.3) is 0 Å². The van der Waals surface area contributed by atoms with E-state index in [1.165, 1.54) is 13.2 Å². The Bertz CT molecular complexity index is 637. The third-order valence-corrected chi connectivity index (χ3v) is 4.10. The molecule has 0 amide bonds. The van der Waals surface area contributed by atoms with Gasteiger partial charge in [-0.25, -0.2) is 4.39 Å². The number of ether oxygens (including phenoxy) is 1. The van der Waals surface area contributed by atoms with Crippen molar-refractivity contribution in [3.63, 3.8) is 0 Å². The molecule has 0 aliphatic carbocycles. The summed E-state index contributed by atoms with van der Waals surface area (Å²) in [6.07, 6.45) is 0.382. The van der Waals surface area contributed by atoms with Crippen molar-refractivity contribution in [3.8, 4) is 5.75 Å². The fourth-order valence-electron chi connectivity index (χ4n) is 2.20. The molecule has 0 fully saturated rings. The van der Waals surface area contributed by atoms with E-state index in [1.54, 1.807) is 24.3 Å². The molecular weight excluding hydrogens is 314 g/mol. The number of methoxy groups -OCH3 is 1. The molecule has 0 spiro atoms. The monoisotopic (exact) mass is 328 g/mol. The van der Waals surface area contributed by atoms with E-state index in [4.69, 9.17) is 33.8 Å². The number of nitrogens with one attached hydrogen (secondary N) is 1. The van der Waals surface area contributed by atoms with Gasteiger partial charge in [0, 0.05) is 5.56 Å². The summed E-state index contributed by atoms with van der Waals surface area (Å²) in [5.41, 5.74) is 3.74. The molecule has 2 aromatic rings. The maximum absolute atomic E-state index is 14.1. The van der Waals surface area contributed by atoms with E-state index in [-0.39, 0.29) is 0 Å². The number of hydrogen-bond acceptors (Lipinski definition) is 3. The SMILES string of the molecule is COc1cccc(F)c1C(Cc1cccc(Cl)c1Cl)NN. The topological polar surface area (TPSA) is 47.3 Å². The van der Waals surface area contributed by atoms with Gasteiger partial charge in [-0.2, -0.15) is 0 Å². The third kappa shape index (κ3) is 3.47. The van der Waals surface area contributed by atoms with Gasteiger partial charge >= 0.3 is 0 Å². The zero-order valence-corrected chi connectivity index (χ0v) is 12.9. The number of rotatable bonds is 5. The molecule has 0 aliphatic heterocycles. The second-order valence-corrected chi connectivity index (χ2v) is 5.28. The predicted molar refractivity (Wildman–Crippen MR) is 83.2 cm³/mol. The van der Waals surface area contributed by atoms with Crippen LogP contribution in [-0.4, -0.2) is 7.11 Å². The Morgan fingerprint density at radius 1 is 1.24 bits per heavy atom. The highest BCUT2D eigenvalue weighted by Gasteiger charge is 2.21. The van der Waals surface area contributed by atoms with Crippen molar-refractivity contribution >= 4 is 23.2 Å². The Hall–Kier alpha value is -1.33. The fraction of sp³-hybridized carbons (Fsp3) is 0.200. The van der Waals surface area contributed by atoms with Gasteiger partial charge in [-0.05, 0) is 30.2 Å². The molecule has 0 radical (unpaired) electrons. The summed E-state index contributed by atoms with van der Waals surface area (Å²) in [5, 5.41) is 0.889. The van der Waals surface area contributed by atoms with E-state index in [9.17, 15) is 4.39 Å². The quantitative estimate of drug-likeness (QED) is 0.646. The van der Waals surface area contributed by atoms with Crippen LogP contribution in [-0.2, 0) is 6.42 Å². The van der Waals surface area contributed by atoms with Gasteiger partial charge < -0.3 is 4.74 Å². The van der Waals surface area contributed by atoms with Crippen LogP contribution in [0.2, 0.25) is 10.0 Å². The second-order valence-electron chi connectivity index (χ2n) is 4.49. The van der Waals surface area contributed by atoms with Gasteiger partial charge in [0.1, 0.15) is 11.6 Å². The molecule has 0 bridgehead atoms. The maximum atomic E-state index is 14.1. The minimum Gasteiger partial charge on any atom is -0.496 e. The van der Waals surface area contributed by atoms with Crippen molar-refractivity contribution in [1.29, 1.82) is 0 Å². The first-order valence-electron chi connectivity index (χ1n) is 6.30. The van der Waals surface area contributed by atoms with Crippen LogP contribution in [0.15, 0.2) is 36.4 Å². The highest BCUT2D eigenvalue weighted by molar-refractivity contribution is 6.42. The molecule has 3 N–H and O–H groups in total. The molecule has 3 nitrogen and oxygen atoms in total. The average molecular weight is 329 g/mol. The van der Waals surface area contributed by atoms with Crippen molar-refractivity contribution < 1.29 is 9.13 Å². The summed E-state index contributed by atoms with van der Waals surface area (Å²) >= 11 is 12.2. The first-order chi connectivity index (χ1) is 10.1. The molecule has 1 atom stereocenters. The number of halogens is 3. The summed E-state index contributed by atoms with van der Waals surface area (Å²) < 4.78 is 19.3. The summed E-state index contributed by atoms with van der Waals surface area (Å²) in [7, 11) is 1.48. The van der Waals surface area contributed by atoms with E-state index in [0.717, 1.165) is 5.56 Å². The van der Waals surface area contributed by atoms with Crippen molar-refractivity contribution in [2.45, 2.75) is 12.5 Å². The van der Waals surface area contributed by atoms with Crippen molar-refractivity contribution in [1.82, 2.24) is 5.43 Å². The summed E-state index contributed by atoms with van der Waals surface area (Å²) in [4.78, 5) is 0. The molecule has 2 rings (SSSR count). The number of benzene rings is 2. The van der Waals surface area contributed by atoms with Gasteiger partial charge in [-0.1, -0.05) is 41.4 Å². The fourth-order valence-corrected chi connectivity index (χ4v) is 2.60. The molecule has 0 saturated carbocycles. The average Bonchev–Trinajstić information content (AvgIpc) is 2.49. The van der Waals surface area contributed by atoms with E-state index in [2.05, 4.69) is 5.43 Å². The lowest BCUT2D eigenvalue weighted by Gasteiger charge is -2.20. The summed E-state index contributed by atoms with van der Waals surface area (Å²) in [6.45, 7) is 0. The molecule has 6 heteroatoms. The van der Waals surface area contributed by atoms with Crippen LogP contribution in [0, 0.1) is 5.82 Å². The molecule has 112 valence electrons. The van der Waals surface area contributed by atoms with Gasteiger partial charge in [0.05, 0.1) is 23.2 Å². The minimum absolute atomic E-state index is 0.360. The lowest BCUT2D eigenvalue weighted by Crippen LogP contribution is -2.30. The van der Waals surface area contributed by atoms with Gasteiger partial charge in [0.15, 0.2) is 0 Å². The highest BCUT2D eigenvalue weighted by atomic mass is 35.5. The molecule has 0 saturated heterocycles. The number of hydrazine groups is 1. The van der Waals surface area contributed by atoms with Crippen LogP contribution in [0.1, 0.15) is 17.2 Å². The molecule has 0 aliphatic rings. The van der Waals surface area contributed by atoms with E-state index >= 15 is 0 Å². The zero-order chi connectivity index (χ0) is 15.4. The Kier molecular flexibility index (Phi) is 5.42. The second kappa shape index (κ2) is 7.09. The lowest BCUT2D eigenvalue weighted by atomic mass is 9.98. The maximum Gasteiger partial charge on any atom is 0.131 e. The van der Waals surface area contributed by atoms with Gasteiger partial charge in [-0.3, -0.25) is 11.3 Å². The van der Waals surface area contributed by atoms with Gasteiger partial charge in [0.25, 0.3) is 0 Å². The van der Waals surface area contributed by atoms with E-state index in [0.29, 0.717) is 27.8 Å².